The molecule has 4 rings (SSSR count). The molecular formula is C21H27F4N3O4S. The van der Waals surface area contributed by atoms with Crippen LogP contribution in [0.25, 0.3) is 0 Å². The van der Waals surface area contributed by atoms with Crippen molar-refractivity contribution in [3.8, 4) is 0 Å². The molecule has 3 fully saturated rings. The fraction of sp³-hybridized carbons (Fsp3) is 0.714. The first kappa shape index (κ1) is 24.3. The van der Waals surface area contributed by atoms with Gasteiger partial charge in [-0.3, -0.25) is 4.79 Å². The summed E-state index contributed by atoms with van der Waals surface area (Å²) in [5, 5.41) is 9.85. The van der Waals surface area contributed by atoms with Crippen molar-refractivity contribution in [1.82, 2.24) is 9.29 Å². The predicted molar refractivity (Wildman–Crippen MR) is 111 cm³/mol. The van der Waals surface area contributed by atoms with Gasteiger partial charge in [-0.25, -0.2) is 17.8 Å². The van der Waals surface area contributed by atoms with Crippen LogP contribution >= 0.6 is 0 Å². The van der Waals surface area contributed by atoms with Gasteiger partial charge in [0, 0.05) is 37.7 Å². The number of hydrogen-bond donors (Lipinski definition) is 1. The van der Waals surface area contributed by atoms with Crippen LogP contribution in [0.5, 0.6) is 0 Å². The Bertz CT molecular complexity index is 1060. The van der Waals surface area contributed by atoms with E-state index < -0.39 is 51.1 Å². The lowest BCUT2D eigenvalue weighted by Gasteiger charge is -2.43. The molecule has 1 aliphatic heterocycles. The van der Waals surface area contributed by atoms with Gasteiger partial charge < -0.3 is 10.0 Å². The van der Waals surface area contributed by atoms with Crippen LogP contribution < -0.4 is 4.90 Å². The SMILES string of the molecule is CC1(C)[C@@H]2CC[C@@]1(CS(=O)(=O)N1CCN(c3ncc(C(F)(F)F)cc3F)C(CO)C1)C(=O)C2. The Morgan fingerprint density at radius 1 is 1.27 bits per heavy atom. The van der Waals surface area contributed by atoms with Crippen molar-refractivity contribution in [1.29, 1.82) is 0 Å². The molecule has 1 N–H and O–H groups in total. The fourth-order valence-electron chi connectivity index (χ4n) is 5.82. The number of aromatic nitrogens is 1. The van der Waals surface area contributed by atoms with Gasteiger partial charge in [-0.2, -0.15) is 17.5 Å². The zero-order valence-corrected chi connectivity index (χ0v) is 19.2. The minimum atomic E-state index is -4.75. The molecule has 1 aromatic heterocycles. The van der Waals surface area contributed by atoms with Crippen LogP contribution in [0.2, 0.25) is 0 Å². The van der Waals surface area contributed by atoms with Crippen molar-refractivity contribution >= 4 is 21.6 Å². The van der Waals surface area contributed by atoms with Crippen LogP contribution in [-0.4, -0.2) is 66.6 Å². The summed E-state index contributed by atoms with van der Waals surface area (Å²) in [6.45, 7) is 3.03. The maximum Gasteiger partial charge on any atom is 0.417 e. The van der Waals surface area contributed by atoms with Crippen molar-refractivity contribution < 1.29 is 35.9 Å². The molecule has 2 bridgehead atoms. The molecule has 1 unspecified atom stereocenters. The lowest BCUT2D eigenvalue weighted by atomic mass is 9.70. The second-order valence-corrected chi connectivity index (χ2v) is 11.8. The van der Waals surface area contributed by atoms with Gasteiger partial charge in [0.15, 0.2) is 11.6 Å². The largest absolute Gasteiger partial charge is 0.417 e. The smallest absolute Gasteiger partial charge is 0.394 e. The number of pyridine rings is 1. The van der Waals surface area contributed by atoms with Gasteiger partial charge in [-0.15, -0.1) is 0 Å². The van der Waals surface area contributed by atoms with Crippen molar-refractivity contribution in [2.45, 2.75) is 45.3 Å². The molecule has 3 aliphatic rings. The van der Waals surface area contributed by atoms with Gasteiger partial charge in [-0.1, -0.05) is 13.8 Å². The standard InChI is InChI=1S/C21H27F4N3O4S/c1-19(2)13-3-4-20(19,17(30)8-13)12-33(31,32)27-5-6-28(15(10-27)11-29)18-16(22)7-14(9-26-18)21(23,24)25/h7,9,13,15,29H,3-6,8,10-12H2,1-2H3/t13-,15?,20-/m1/s1. The average molecular weight is 494 g/mol. The fourth-order valence-corrected chi connectivity index (χ4v) is 8.06. The van der Waals surface area contributed by atoms with Crippen LogP contribution in [0.15, 0.2) is 12.3 Å². The van der Waals surface area contributed by atoms with Gasteiger partial charge in [0.25, 0.3) is 0 Å². The molecule has 2 heterocycles. The number of Topliss-reactive ketones (excluding diaryl/α,β-unsaturated/α-hetero) is 1. The highest BCUT2D eigenvalue weighted by Gasteiger charge is 2.65. The summed E-state index contributed by atoms with van der Waals surface area (Å²) in [6, 6.07) is -0.558. The number of nitrogens with zero attached hydrogens (tertiary/aromatic N) is 3. The minimum Gasteiger partial charge on any atom is -0.394 e. The van der Waals surface area contributed by atoms with E-state index in [0.717, 1.165) is 6.42 Å². The Morgan fingerprint density at radius 2 is 1.97 bits per heavy atom. The highest BCUT2D eigenvalue weighted by molar-refractivity contribution is 7.89. The third-order valence-corrected chi connectivity index (χ3v) is 10.0. The van der Waals surface area contributed by atoms with E-state index in [4.69, 9.17) is 0 Å². The normalized spacial score (nSPS) is 30.3. The zero-order valence-electron chi connectivity index (χ0n) is 18.4. The highest BCUT2D eigenvalue weighted by Crippen LogP contribution is 2.64. The number of rotatable bonds is 5. The summed E-state index contributed by atoms with van der Waals surface area (Å²) in [5.41, 5.74) is -2.60. The number of alkyl halides is 3. The number of carbonyl (C=O) groups excluding carboxylic acids is 1. The number of hydrogen-bond acceptors (Lipinski definition) is 6. The molecule has 3 atom stereocenters. The Morgan fingerprint density at radius 3 is 2.48 bits per heavy atom. The van der Waals surface area contributed by atoms with Crippen molar-refractivity contribution in [2.24, 2.45) is 16.7 Å². The Labute approximate surface area is 189 Å². The molecule has 33 heavy (non-hydrogen) atoms. The molecule has 0 radical (unpaired) electrons. The second kappa shape index (κ2) is 7.88. The lowest BCUT2D eigenvalue weighted by Crippen LogP contribution is -2.58. The van der Waals surface area contributed by atoms with Gasteiger partial charge in [0.2, 0.25) is 10.0 Å². The Kier molecular flexibility index (Phi) is 5.81. The quantitative estimate of drug-likeness (QED) is 0.634. The Hall–Kier alpha value is -1.79. The lowest BCUT2D eigenvalue weighted by molar-refractivity contribution is -0.138. The molecule has 2 saturated carbocycles. The number of anilines is 1. The summed E-state index contributed by atoms with van der Waals surface area (Å²) in [4.78, 5) is 17.7. The number of piperazine rings is 1. The number of fused-ring (bicyclic) bond motifs is 2. The van der Waals surface area contributed by atoms with Crippen LogP contribution in [-0.2, 0) is 21.0 Å². The maximum absolute atomic E-state index is 14.5. The topological polar surface area (TPSA) is 90.8 Å². The van der Waals surface area contributed by atoms with Crippen LogP contribution in [0.4, 0.5) is 23.4 Å². The highest BCUT2D eigenvalue weighted by atomic mass is 32.2. The molecular weight excluding hydrogens is 466 g/mol. The molecule has 1 saturated heterocycles. The van der Waals surface area contributed by atoms with Gasteiger partial charge in [0.1, 0.15) is 5.78 Å². The molecule has 1 aromatic rings. The summed E-state index contributed by atoms with van der Waals surface area (Å²) in [5.74, 6) is -1.75. The van der Waals surface area contributed by atoms with E-state index >= 15 is 0 Å². The number of carbonyl (C=O) groups is 1. The van der Waals surface area contributed by atoms with Crippen molar-refractivity contribution in [3.63, 3.8) is 0 Å². The molecule has 0 spiro atoms. The second-order valence-electron chi connectivity index (χ2n) is 9.84. The molecule has 2 aliphatic carbocycles. The van der Waals surface area contributed by atoms with Crippen LogP contribution in [0.3, 0.4) is 0 Å². The van der Waals surface area contributed by atoms with E-state index in [1.54, 1.807) is 0 Å². The van der Waals surface area contributed by atoms with E-state index in [1.807, 2.05) is 13.8 Å². The average Bonchev–Trinajstić information content (AvgIpc) is 3.06. The first-order valence-corrected chi connectivity index (χ1v) is 12.5. The van der Waals surface area contributed by atoms with E-state index in [1.165, 1.54) is 9.21 Å². The van der Waals surface area contributed by atoms with Crippen LogP contribution in [0, 0.1) is 22.6 Å². The Balaban J connectivity index is 1.54. The minimum absolute atomic E-state index is 0.0271. The summed E-state index contributed by atoms with van der Waals surface area (Å²) < 4.78 is 80.8. The number of halogens is 4. The first-order valence-electron chi connectivity index (χ1n) is 10.8. The van der Waals surface area contributed by atoms with Gasteiger partial charge >= 0.3 is 6.18 Å². The number of aliphatic hydroxyl groups excluding tert-OH is 1. The molecule has 184 valence electrons. The third-order valence-electron chi connectivity index (χ3n) is 8.04. The zero-order chi connectivity index (χ0) is 24.4. The monoisotopic (exact) mass is 493 g/mol. The summed E-state index contributed by atoms with van der Waals surface area (Å²) in [7, 11) is -3.89. The molecule has 0 amide bonds. The predicted octanol–water partition coefficient (Wildman–Crippen LogP) is 2.45. The molecule has 0 aromatic carbocycles. The van der Waals surface area contributed by atoms with E-state index in [-0.39, 0.29) is 42.9 Å². The maximum atomic E-state index is 14.5. The summed E-state index contributed by atoms with van der Waals surface area (Å²) >= 11 is 0. The third kappa shape index (κ3) is 3.83. The number of ketones is 1. The molecule has 7 nitrogen and oxygen atoms in total. The first-order chi connectivity index (χ1) is 15.2. The molecule has 12 heteroatoms. The van der Waals surface area contributed by atoms with E-state index in [9.17, 15) is 35.9 Å². The van der Waals surface area contributed by atoms with Crippen molar-refractivity contribution in [2.75, 3.05) is 36.9 Å². The van der Waals surface area contributed by atoms with E-state index in [2.05, 4.69) is 4.98 Å². The number of aliphatic hydroxyl groups is 1. The number of sulfonamides is 1. The van der Waals surface area contributed by atoms with Crippen molar-refractivity contribution in [3.05, 3.63) is 23.6 Å². The van der Waals surface area contributed by atoms with Gasteiger partial charge in [0.05, 0.1) is 24.0 Å². The van der Waals surface area contributed by atoms with Gasteiger partial charge in [-0.05, 0) is 30.2 Å². The van der Waals surface area contributed by atoms with E-state index in [0.29, 0.717) is 25.1 Å². The van der Waals surface area contributed by atoms with Crippen LogP contribution in [0.1, 0.15) is 38.7 Å². The summed E-state index contributed by atoms with van der Waals surface area (Å²) in [6.07, 6.45) is -2.53.